The van der Waals surface area contributed by atoms with Gasteiger partial charge in [-0.3, -0.25) is 13.9 Å². The van der Waals surface area contributed by atoms with Gasteiger partial charge in [0, 0.05) is 18.1 Å². The van der Waals surface area contributed by atoms with Gasteiger partial charge in [0.15, 0.2) is 0 Å². The molecule has 0 saturated heterocycles. The molecule has 0 aliphatic heterocycles. The summed E-state index contributed by atoms with van der Waals surface area (Å²) in [6.07, 6.45) is 1.44. The van der Waals surface area contributed by atoms with E-state index in [1.807, 2.05) is 45.0 Å². The maximum absolute atomic E-state index is 13.6. The van der Waals surface area contributed by atoms with Crippen LogP contribution in [0.15, 0.2) is 42.5 Å². The number of likely N-dealkylation sites (N-methyl/N-ethyl adjacent to an activating group) is 1. The molecule has 0 spiro atoms. The van der Waals surface area contributed by atoms with Crippen LogP contribution in [-0.2, 0) is 26.2 Å². The highest BCUT2D eigenvalue weighted by Crippen LogP contribution is 2.27. The molecule has 180 valence electrons. The number of hydrogen-bond acceptors (Lipinski definition) is 4. The fourth-order valence-electron chi connectivity index (χ4n) is 3.66. The van der Waals surface area contributed by atoms with Crippen molar-refractivity contribution in [3.8, 4) is 0 Å². The number of amides is 2. The lowest BCUT2D eigenvalue weighted by molar-refractivity contribution is -0.140. The Bertz CT molecular complexity index is 1100. The van der Waals surface area contributed by atoms with E-state index in [2.05, 4.69) is 5.32 Å². The molecule has 0 bridgehead atoms. The summed E-state index contributed by atoms with van der Waals surface area (Å²) in [5.74, 6) is -0.745. The van der Waals surface area contributed by atoms with Gasteiger partial charge in [0.25, 0.3) is 0 Å². The van der Waals surface area contributed by atoms with Gasteiger partial charge in [-0.2, -0.15) is 0 Å². The number of nitrogens with zero attached hydrogens (tertiary/aromatic N) is 2. The SMILES string of the molecule is CCNC(=O)C(CC)N(Cc1cccc(C)c1)C(=O)CN(c1cc(Cl)ccc1C)S(C)(=O)=O. The van der Waals surface area contributed by atoms with Crippen LogP contribution in [-0.4, -0.2) is 50.5 Å². The third-order valence-corrected chi connectivity index (χ3v) is 6.65. The van der Waals surface area contributed by atoms with Crippen LogP contribution in [0.5, 0.6) is 0 Å². The molecule has 9 heteroatoms. The molecule has 2 aromatic carbocycles. The van der Waals surface area contributed by atoms with E-state index < -0.39 is 28.5 Å². The van der Waals surface area contributed by atoms with Crippen LogP contribution in [0.4, 0.5) is 5.69 Å². The van der Waals surface area contributed by atoms with Gasteiger partial charge in [-0.15, -0.1) is 0 Å². The molecule has 1 unspecified atom stereocenters. The minimum absolute atomic E-state index is 0.183. The molecule has 1 N–H and O–H groups in total. The van der Waals surface area contributed by atoms with Crippen LogP contribution in [0.25, 0.3) is 0 Å². The summed E-state index contributed by atoms with van der Waals surface area (Å²) >= 11 is 6.11. The monoisotopic (exact) mass is 493 g/mol. The molecule has 2 rings (SSSR count). The lowest BCUT2D eigenvalue weighted by atomic mass is 10.1. The maximum atomic E-state index is 13.6. The van der Waals surface area contributed by atoms with Crippen molar-refractivity contribution in [3.63, 3.8) is 0 Å². The highest BCUT2D eigenvalue weighted by molar-refractivity contribution is 7.92. The third-order valence-electron chi connectivity index (χ3n) is 5.29. The Morgan fingerprint density at radius 1 is 1.09 bits per heavy atom. The van der Waals surface area contributed by atoms with Gasteiger partial charge in [0.1, 0.15) is 12.6 Å². The molecule has 0 aliphatic rings. The molecule has 0 heterocycles. The molecule has 0 radical (unpaired) electrons. The van der Waals surface area contributed by atoms with E-state index in [4.69, 9.17) is 11.6 Å². The first-order chi connectivity index (χ1) is 15.5. The Balaban J connectivity index is 2.48. The first-order valence-electron chi connectivity index (χ1n) is 10.8. The van der Waals surface area contributed by atoms with E-state index in [-0.39, 0.29) is 12.5 Å². The smallest absolute Gasteiger partial charge is 0.244 e. The van der Waals surface area contributed by atoms with E-state index in [0.29, 0.717) is 29.2 Å². The predicted octanol–water partition coefficient (Wildman–Crippen LogP) is 3.67. The number of carbonyl (C=O) groups is 2. The Hall–Kier alpha value is -2.58. The van der Waals surface area contributed by atoms with Crippen molar-refractivity contribution in [2.24, 2.45) is 0 Å². The van der Waals surface area contributed by atoms with Crippen molar-refractivity contribution in [1.29, 1.82) is 0 Å². The molecule has 0 saturated carbocycles. The molecular weight excluding hydrogens is 462 g/mol. The van der Waals surface area contributed by atoms with Gasteiger partial charge in [-0.25, -0.2) is 8.42 Å². The molecule has 1 atom stereocenters. The van der Waals surface area contributed by atoms with Crippen molar-refractivity contribution in [2.75, 3.05) is 23.7 Å². The van der Waals surface area contributed by atoms with Gasteiger partial charge >= 0.3 is 0 Å². The van der Waals surface area contributed by atoms with Crippen LogP contribution < -0.4 is 9.62 Å². The topological polar surface area (TPSA) is 86.8 Å². The van der Waals surface area contributed by atoms with E-state index in [0.717, 1.165) is 21.7 Å². The van der Waals surface area contributed by atoms with Crippen LogP contribution in [0.1, 0.15) is 37.0 Å². The largest absolute Gasteiger partial charge is 0.355 e. The molecule has 0 aliphatic carbocycles. The van der Waals surface area contributed by atoms with Gasteiger partial charge in [0.05, 0.1) is 11.9 Å². The predicted molar refractivity (Wildman–Crippen MR) is 133 cm³/mol. The zero-order valence-electron chi connectivity index (χ0n) is 19.8. The van der Waals surface area contributed by atoms with E-state index >= 15 is 0 Å². The number of benzene rings is 2. The summed E-state index contributed by atoms with van der Waals surface area (Å²) in [5.41, 5.74) is 2.88. The van der Waals surface area contributed by atoms with E-state index in [1.54, 1.807) is 19.1 Å². The lowest BCUT2D eigenvalue weighted by Gasteiger charge is -2.33. The Labute approximate surface area is 201 Å². The number of anilines is 1. The average molecular weight is 494 g/mol. The summed E-state index contributed by atoms with van der Waals surface area (Å²) in [6.45, 7) is 7.51. The fraction of sp³-hybridized carbons (Fsp3) is 0.417. The van der Waals surface area contributed by atoms with E-state index in [1.165, 1.54) is 11.0 Å². The zero-order valence-corrected chi connectivity index (χ0v) is 21.3. The summed E-state index contributed by atoms with van der Waals surface area (Å²) in [6, 6.07) is 11.8. The second-order valence-electron chi connectivity index (χ2n) is 8.03. The number of nitrogens with one attached hydrogen (secondary N) is 1. The van der Waals surface area contributed by atoms with Gasteiger partial charge in [0.2, 0.25) is 21.8 Å². The van der Waals surface area contributed by atoms with Crippen molar-refractivity contribution in [3.05, 3.63) is 64.2 Å². The maximum Gasteiger partial charge on any atom is 0.244 e. The first kappa shape index (κ1) is 26.7. The van der Waals surface area contributed by atoms with Crippen LogP contribution >= 0.6 is 11.6 Å². The van der Waals surface area contributed by atoms with Crippen molar-refractivity contribution in [2.45, 2.75) is 46.7 Å². The Morgan fingerprint density at radius 3 is 2.36 bits per heavy atom. The van der Waals surface area contributed by atoms with Crippen LogP contribution in [0.3, 0.4) is 0 Å². The molecular formula is C24H32ClN3O4S. The number of carbonyl (C=O) groups excluding carboxylic acids is 2. The first-order valence-corrected chi connectivity index (χ1v) is 13.1. The third kappa shape index (κ3) is 7.20. The van der Waals surface area contributed by atoms with Crippen molar-refractivity contribution < 1.29 is 18.0 Å². The molecule has 7 nitrogen and oxygen atoms in total. The number of rotatable bonds is 10. The summed E-state index contributed by atoms with van der Waals surface area (Å²) < 4.78 is 26.4. The van der Waals surface area contributed by atoms with E-state index in [9.17, 15) is 18.0 Å². The number of hydrogen-bond donors (Lipinski definition) is 1. The van der Waals surface area contributed by atoms with Crippen molar-refractivity contribution >= 4 is 39.1 Å². The Kier molecular flexibility index (Phi) is 9.31. The number of aryl methyl sites for hydroxylation is 2. The standard InChI is InChI=1S/C24H32ClN3O4S/c1-6-21(24(30)26-7-2)27(15-19-10-8-9-17(3)13-19)23(29)16-28(33(5,31)32)22-14-20(25)12-11-18(22)4/h8-14,21H,6-7,15-16H2,1-5H3,(H,26,30). The number of sulfonamides is 1. The molecule has 2 amide bonds. The summed E-state index contributed by atoms with van der Waals surface area (Å²) in [5, 5.41) is 3.14. The highest BCUT2D eigenvalue weighted by atomic mass is 35.5. The van der Waals surface area contributed by atoms with Gasteiger partial charge in [-0.1, -0.05) is 54.4 Å². The van der Waals surface area contributed by atoms with Gasteiger partial charge in [-0.05, 0) is 50.5 Å². The summed E-state index contributed by atoms with van der Waals surface area (Å²) in [4.78, 5) is 27.8. The molecule has 33 heavy (non-hydrogen) atoms. The fourth-order valence-corrected chi connectivity index (χ4v) is 4.73. The highest BCUT2D eigenvalue weighted by Gasteiger charge is 2.32. The molecule has 2 aromatic rings. The quantitative estimate of drug-likeness (QED) is 0.547. The zero-order chi connectivity index (χ0) is 24.8. The normalized spacial score (nSPS) is 12.2. The van der Waals surface area contributed by atoms with Crippen LogP contribution in [0.2, 0.25) is 5.02 Å². The van der Waals surface area contributed by atoms with Gasteiger partial charge < -0.3 is 10.2 Å². The number of halogens is 1. The minimum Gasteiger partial charge on any atom is -0.355 e. The van der Waals surface area contributed by atoms with Crippen LogP contribution in [0, 0.1) is 13.8 Å². The Morgan fingerprint density at radius 2 is 1.79 bits per heavy atom. The molecule has 0 aromatic heterocycles. The lowest BCUT2D eigenvalue weighted by Crippen LogP contribution is -2.52. The average Bonchev–Trinajstić information content (AvgIpc) is 2.73. The second-order valence-corrected chi connectivity index (χ2v) is 10.4. The molecule has 0 fully saturated rings. The summed E-state index contributed by atoms with van der Waals surface area (Å²) in [7, 11) is -3.80. The minimum atomic E-state index is -3.80. The van der Waals surface area contributed by atoms with Crippen molar-refractivity contribution in [1.82, 2.24) is 10.2 Å². The second kappa shape index (κ2) is 11.5.